The Labute approximate surface area is 101 Å². The second-order valence-electron chi connectivity index (χ2n) is 5.31. The van der Waals surface area contributed by atoms with Crippen LogP contribution in [0, 0.1) is 11.8 Å². The van der Waals surface area contributed by atoms with Crippen LogP contribution in [0.5, 0.6) is 0 Å². The van der Waals surface area contributed by atoms with Gasteiger partial charge in [0.1, 0.15) is 0 Å². The van der Waals surface area contributed by atoms with Crippen LogP contribution in [0.4, 0.5) is 0 Å². The minimum Gasteiger partial charge on any atom is -0.371 e. The summed E-state index contributed by atoms with van der Waals surface area (Å²) in [5.74, 6) is 1.76. The number of ether oxygens (including phenoxy) is 1. The summed E-state index contributed by atoms with van der Waals surface area (Å²) in [5, 5.41) is 0. The van der Waals surface area contributed by atoms with Gasteiger partial charge < -0.3 is 4.74 Å². The van der Waals surface area contributed by atoms with Crippen LogP contribution in [0.15, 0.2) is 0 Å². The molecule has 1 saturated carbocycles. The highest BCUT2D eigenvalue weighted by Gasteiger charge is 2.43. The SMILES string of the molecule is CC1CCC2(CCC(CI)O2)CC1C. The number of alkyl halides is 1. The molecule has 0 aromatic heterocycles. The average Bonchev–Trinajstić information content (AvgIpc) is 2.56. The molecule has 1 aliphatic carbocycles. The predicted molar refractivity (Wildman–Crippen MR) is 67.9 cm³/mol. The second-order valence-corrected chi connectivity index (χ2v) is 6.19. The summed E-state index contributed by atoms with van der Waals surface area (Å²) in [6.45, 7) is 4.79. The summed E-state index contributed by atoms with van der Waals surface area (Å²) in [5.41, 5.74) is 0.293. The van der Waals surface area contributed by atoms with Gasteiger partial charge in [-0.3, -0.25) is 0 Å². The molecule has 1 spiro atoms. The Balaban J connectivity index is 1.98. The molecule has 1 saturated heterocycles. The van der Waals surface area contributed by atoms with Gasteiger partial charge in [0.2, 0.25) is 0 Å². The van der Waals surface area contributed by atoms with Crippen molar-refractivity contribution in [2.24, 2.45) is 11.8 Å². The molecule has 2 fully saturated rings. The van der Waals surface area contributed by atoms with E-state index in [1.807, 2.05) is 0 Å². The molecule has 1 heterocycles. The summed E-state index contributed by atoms with van der Waals surface area (Å²) >= 11 is 2.45. The molecule has 0 amide bonds. The summed E-state index contributed by atoms with van der Waals surface area (Å²) in [6.07, 6.45) is 7.15. The Bertz CT molecular complexity index is 206. The smallest absolute Gasteiger partial charge is 0.0690 e. The number of halogens is 1. The van der Waals surface area contributed by atoms with Crippen molar-refractivity contribution >= 4 is 22.6 Å². The van der Waals surface area contributed by atoms with Gasteiger partial charge in [0.05, 0.1) is 11.7 Å². The topological polar surface area (TPSA) is 9.23 Å². The molecular formula is C12H21IO. The fraction of sp³-hybridized carbons (Fsp3) is 1.00. The fourth-order valence-corrected chi connectivity index (χ4v) is 3.62. The minimum atomic E-state index is 0.293. The first-order valence-corrected chi connectivity index (χ1v) is 7.41. The summed E-state index contributed by atoms with van der Waals surface area (Å²) in [4.78, 5) is 0. The van der Waals surface area contributed by atoms with Crippen LogP contribution >= 0.6 is 22.6 Å². The molecular weight excluding hydrogens is 287 g/mol. The van der Waals surface area contributed by atoms with E-state index in [0.29, 0.717) is 11.7 Å². The van der Waals surface area contributed by atoms with Crippen molar-refractivity contribution < 1.29 is 4.74 Å². The number of hydrogen-bond donors (Lipinski definition) is 0. The quantitative estimate of drug-likeness (QED) is 0.529. The lowest BCUT2D eigenvalue weighted by Crippen LogP contribution is -2.38. The Morgan fingerprint density at radius 2 is 1.93 bits per heavy atom. The van der Waals surface area contributed by atoms with E-state index in [0.717, 1.165) is 11.8 Å². The van der Waals surface area contributed by atoms with Crippen LogP contribution < -0.4 is 0 Å². The third-order valence-electron chi connectivity index (χ3n) is 4.23. The highest BCUT2D eigenvalue weighted by molar-refractivity contribution is 14.1. The number of hydrogen-bond acceptors (Lipinski definition) is 1. The van der Waals surface area contributed by atoms with Crippen molar-refractivity contribution in [1.82, 2.24) is 0 Å². The van der Waals surface area contributed by atoms with E-state index in [2.05, 4.69) is 36.4 Å². The molecule has 14 heavy (non-hydrogen) atoms. The molecule has 1 nitrogen and oxygen atoms in total. The standard InChI is InChI=1S/C12H21IO/c1-9-3-5-12(7-10(9)2)6-4-11(8-13)14-12/h9-11H,3-8H2,1-2H3. The monoisotopic (exact) mass is 308 g/mol. The van der Waals surface area contributed by atoms with E-state index < -0.39 is 0 Å². The van der Waals surface area contributed by atoms with Gasteiger partial charge in [-0.25, -0.2) is 0 Å². The molecule has 4 unspecified atom stereocenters. The molecule has 2 rings (SSSR count). The van der Waals surface area contributed by atoms with E-state index in [1.165, 1.54) is 36.5 Å². The fourth-order valence-electron chi connectivity index (χ4n) is 3.00. The molecule has 0 bridgehead atoms. The van der Waals surface area contributed by atoms with E-state index in [4.69, 9.17) is 4.74 Å². The van der Waals surface area contributed by atoms with E-state index in [9.17, 15) is 0 Å². The summed E-state index contributed by atoms with van der Waals surface area (Å²) in [7, 11) is 0. The van der Waals surface area contributed by atoms with Crippen LogP contribution in [0.25, 0.3) is 0 Å². The molecule has 1 aliphatic heterocycles. The largest absolute Gasteiger partial charge is 0.371 e. The second kappa shape index (κ2) is 4.28. The molecule has 4 atom stereocenters. The van der Waals surface area contributed by atoms with Crippen LogP contribution in [0.3, 0.4) is 0 Å². The average molecular weight is 308 g/mol. The Morgan fingerprint density at radius 1 is 1.21 bits per heavy atom. The van der Waals surface area contributed by atoms with E-state index in [1.54, 1.807) is 0 Å². The lowest BCUT2D eigenvalue weighted by atomic mass is 9.72. The summed E-state index contributed by atoms with van der Waals surface area (Å²) < 4.78 is 7.42. The normalized spacial score (nSPS) is 48.6. The van der Waals surface area contributed by atoms with Gasteiger partial charge in [0.15, 0.2) is 0 Å². The van der Waals surface area contributed by atoms with Crippen LogP contribution in [0.1, 0.15) is 46.0 Å². The molecule has 82 valence electrons. The van der Waals surface area contributed by atoms with Crippen LogP contribution in [-0.4, -0.2) is 16.1 Å². The van der Waals surface area contributed by atoms with E-state index in [-0.39, 0.29) is 0 Å². The van der Waals surface area contributed by atoms with Crippen molar-refractivity contribution in [3.8, 4) is 0 Å². The molecule has 2 aliphatic rings. The van der Waals surface area contributed by atoms with Gasteiger partial charge >= 0.3 is 0 Å². The van der Waals surface area contributed by atoms with Gasteiger partial charge in [-0.1, -0.05) is 36.4 Å². The molecule has 0 radical (unpaired) electrons. The Hall–Kier alpha value is 0.690. The van der Waals surface area contributed by atoms with Gasteiger partial charge in [0.25, 0.3) is 0 Å². The maximum atomic E-state index is 6.25. The highest BCUT2D eigenvalue weighted by Crippen LogP contribution is 2.46. The molecule has 0 aromatic carbocycles. The van der Waals surface area contributed by atoms with Crippen LogP contribution in [-0.2, 0) is 4.74 Å². The predicted octanol–water partition coefficient (Wildman–Crippen LogP) is 3.80. The zero-order chi connectivity index (χ0) is 10.2. The van der Waals surface area contributed by atoms with Crippen molar-refractivity contribution in [1.29, 1.82) is 0 Å². The molecule has 0 N–H and O–H groups in total. The van der Waals surface area contributed by atoms with Crippen molar-refractivity contribution in [3.63, 3.8) is 0 Å². The van der Waals surface area contributed by atoms with E-state index >= 15 is 0 Å². The Morgan fingerprint density at radius 3 is 2.50 bits per heavy atom. The third kappa shape index (κ3) is 2.11. The maximum absolute atomic E-state index is 6.25. The molecule has 2 heteroatoms. The zero-order valence-electron chi connectivity index (χ0n) is 9.26. The minimum absolute atomic E-state index is 0.293. The molecule has 0 aromatic rings. The highest BCUT2D eigenvalue weighted by atomic mass is 127. The van der Waals surface area contributed by atoms with Crippen molar-refractivity contribution in [3.05, 3.63) is 0 Å². The van der Waals surface area contributed by atoms with Gasteiger partial charge in [-0.05, 0) is 43.9 Å². The number of rotatable bonds is 1. The Kier molecular flexibility index (Phi) is 3.42. The lowest BCUT2D eigenvalue weighted by Gasteiger charge is -2.40. The van der Waals surface area contributed by atoms with Gasteiger partial charge in [0, 0.05) is 4.43 Å². The summed E-state index contributed by atoms with van der Waals surface area (Å²) in [6, 6.07) is 0. The van der Waals surface area contributed by atoms with Crippen molar-refractivity contribution in [2.75, 3.05) is 4.43 Å². The lowest BCUT2D eigenvalue weighted by molar-refractivity contribution is -0.0757. The maximum Gasteiger partial charge on any atom is 0.0690 e. The van der Waals surface area contributed by atoms with Crippen molar-refractivity contribution in [2.45, 2.75) is 57.7 Å². The van der Waals surface area contributed by atoms with Gasteiger partial charge in [-0.2, -0.15) is 0 Å². The first-order valence-electron chi connectivity index (χ1n) is 5.89. The first-order chi connectivity index (χ1) is 6.65. The zero-order valence-corrected chi connectivity index (χ0v) is 11.4. The van der Waals surface area contributed by atoms with Gasteiger partial charge in [-0.15, -0.1) is 0 Å². The van der Waals surface area contributed by atoms with Crippen LogP contribution in [0.2, 0.25) is 0 Å². The first kappa shape index (κ1) is 11.2. The third-order valence-corrected chi connectivity index (χ3v) is 5.21.